The van der Waals surface area contributed by atoms with Crippen molar-refractivity contribution >= 4 is 28.5 Å². The molecule has 2 aromatic heterocycles. The Morgan fingerprint density at radius 1 is 1.15 bits per heavy atom. The molecule has 3 aromatic rings. The molecule has 11 heteroatoms. The summed E-state index contributed by atoms with van der Waals surface area (Å²) < 4.78 is 1.73. The molecule has 3 heterocycles. The zero-order valence-electron chi connectivity index (χ0n) is 19.3. The van der Waals surface area contributed by atoms with Gasteiger partial charge in [-0.25, -0.2) is 9.66 Å². The third-order valence-corrected chi connectivity index (χ3v) is 6.60. The number of nitrogens with two attached hydrogens (primary N) is 2. The summed E-state index contributed by atoms with van der Waals surface area (Å²) in [5.41, 5.74) is 13.4. The second-order valence-electron chi connectivity index (χ2n) is 9.07. The first kappa shape index (κ1) is 21.9. The molecule has 34 heavy (non-hydrogen) atoms. The molecule has 1 saturated carbocycles. The first-order chi connectivity index (χ1) is 16.4. The lowest BCUT2D eigenvalue weighted by Gasteiger charge is -2.37. The molecule has 5 rings (SSSR count). The number of benzene rings is 1. The topological polar surface area (TPSA) is 155 Å². The molecule has 1 aromatic carbocycles. The standard InChI is InChI=1S/C23H28N10O/c1-13-4-3-5-16-17(13)22(34)33(32-10-8-31(2)9-11-32)21(27-16)18(14-6-7-14)28-20-15(12-24)19(25)29-23(26)30-20/h3-5,14,18H,6-11H2,1-2H3,(H5,25,26,28,29,30)/t18-/m0/s1. The lowest BCUT2D eigenvalue weighted by Crippen LogP contribution is -2.54. The Morgan fingerprint density at radius 3 is 2.56 bits per heavy atom. The zero-order chi connectivity index (χ0) is 24.0. The van der Waals surface area contributed by atoms with E-state index in [9.17, 15) is 10.1 Å². The number of aromatic nitrogens is 4. The van der Waals surface area contributed by atoms with Crippen molar-refractivity contribution in [3.05, 3.63) is 45.5 Å². The molecule has 5 N–H and O–H groups in total. The van der Waals surface area contributed by atoms with E-state index in [1.807, 2.05) is 25.1 Å². The number of piperazine rings is 1. The summed E-state index contributed by atoms with van der Waals surface area (Å²) in [5.74, 6) is 1.09. The van der Waals surface area contributed by atoms with Gasteiger partial charge >= 0.3 is 0 Å². The number of rotatable bonds is 5. The van der Waals surface area contributed by atoms with E-state index in [-0.39, 0.29) is 40.7 Å². The van der Waals surface area contributed by atoms with Crippen LogP contribution in [0.2, 0.25) is 0 Å². The van der Waals surface area contributed by atoms with Crippen molar-refractivity contribution in [3.8, 4) is 6.07 Å². The molecule has 1 atom stereocenters. The van der Waals surface area contributed by atoms with Crippen LogP contribution in [-0.2, 0) is 0 Å². The van der Waals surface area contributed by atoms with E-state index in [1.54, 1.807) is 4.68 Å². The number of aryl methyl sites for hydroxylation is 1. The second-order valence-corrected chi connectivity index (χ2v) is 9.07. The summed E-state index contributed by atoms with van der Waals surface area (Å²) in [5, 5.41) is 15.7. The van der Waals surface area contributed by atoms with Gasteiger partial charge in [-0.05, 0) is 44.4 Å². The van der Waals surface area contributed by atoms with Gasteiger partial charge in [0.1, 0.15) is 17.5 Å². The van der Waals surface area contributed by atoms with Gasteiger partial charge in [0.05, 0.1) is 16.9 Å². The number of anilines is 3. The second kappa shape index (κ2) is 8.46. The Kier molecular flexibility index (Phi) is 5.45. The molecule has 176 valence electrons. The molecule has 0 unspecified atom stereocenters. The summed E-state index contributed by atoms with van der Waals surface area (Å²) >= 11 is 0. The molecule has 0 spiro atoms. The number of nitrogens with one attached hydrogen (secondary N) is 1. The van der Waals surface area contributed by atoms with E-state index in [1.165, 1.54) is 0 Å². The highest BCUT2D eigenvalue weighted by Crippen LogP contribution is 2.43. The van der Waals surface area contributed by atoms with E-state index < -0.39 is 0 Å². The SMILES string of the molecule is Cc1cccc2nc([C@@H](Nc3nc(N)nc(N)c3C#N)C3CC3)n(N3CCN(C)CC3)c(=O)c12. The lowest BCUT2D eigenvalue weighted by atomic mass is 10.1. The first-order valence-electron chi connectivity index (χ1n) is 11.4. The van der Waals surface area contributed by atoms with Crippen molar-refractivity contribution in [1.29, 1.82) is 5.26 Å². The average Bonchev–Trinajstić information content (AvgIpc) is 3.63. The Balaban J connectivity index is 1.69. The van der Waals surface area contributed by atoms with E-state index in [2.05, 4.69) is 38.3 Å². The van der Waals surface area contributed by atoms with Crippen LogP contribution >= 0.6 is 0 Å². The van der Waals surface area contributed by atoms with E-state index >= 15 is 0 Å². The largest absolute Gasteiger partial charge is 0.382 e. The molecule has 0 radical (unpaired) electrons. The fourth-order valence-electron chi connectivity index (χ4n) is 4.56. The molecule has 1 aliphatic heterocycles. The Morgan fingerprint density at radius 2 is 1.88 bits per heavy atom. The van der Waals surface area contributed by atoms with Crippen LogP contribution in [0.1, 0.15) is 35.8 Å². The van der Waals surface area contributed by atoms with Gasteiger partial charge in [0, 0.05) is 26.2 Å². The highest BCUT2D eigenvalue weighted by Gasteiger charge is 2.38. The minimum Gasteiger partial charge on any atom is -0.382 e. The van der Waals surface area contributed by atoms with Crippen LogP contribution in [0.25, 0.3) is 10.9 Å². The summed E-state index contributed by atoms with van der Waals surface area (Å²) in [7, 11) is 2.08. The van der Waals surface area contributed by atoms with E-state index in [4.69, 9.17) is 16.5 Å². The Bertz CT molecular complexity index is 1350. The van der Waals surface area contributed by atoms with Gasteiger partial charge in [-0.1, -0.05) is 12.1 Å². The normalized spacial score (nSPS) is 17.5. The van der Waals surface area contributed by atoms with Crippen molar-refractivity contribution in [2.75, 3.05) is 55.0 Å². The molecule has 2 fully saturated rings. The Labute approximate surface area is 197 Å². The molecule has 1 aliphatic carbocycles. The van der Waals surface area contributed by atoms with Gasteiger partial charge < -0.3 is 26.7 Å². The summed E-state index contributed by atoms with van der Waals surface area (Å²) in [6.07, 6.45) is 1.94. The molecule has 11 nitrogen and oxygen atoms in total. The highest BCUT2D eigenvalue weighted by atomic mass is 16.1. The van der Waals surface area contributed by atoms with Gasteiger partial charge in [0.15, 0.2) is 11.6 Å². The molecular formula is C23H28N10O. The van der Waals surface area contributed by atoms with Crippen molar-refractivity contribution < 1.29 is 0 Å². The van der Waals surface area contributed by atoms with Gasteiger partial charge in [0.25, 0.3) is 5.56 Å². The minimum atomic E-state index is -0.349. The fraction of sp³-hybridized carbons (Fsp3) is 0.435. The predicted octanol–water partition coefficient (Wildman–Crippen LogP) is 0.978. The zero-order valence-corrected chi connectivity index (χ0v) is 19.3. The molecule has 1 saturated heterocycles. The van der Waals surface area contributed by atoms with Gasteiger partial charge in [-0.2, -0.15) is 15.2 Å². The maximum absolute atomic E-state index is 13.9. The fourth-order valence-corrected chi connectivity index (χ4v) is 4.56. The van der Waals surface area contributed by atoms with Gasteiger partial charge in [-0.3, -0.25) is 4.79 Å². The summed E-state index contributed by atoms with van der Waals surface area (Å²) in [6.45, 7) is 5.03. The van der Waals surface area contributed by atoms with Crippen molar-refractivity contribution in [2.24, 2.45) is 5.92 Å². The van der Waals surface area contributed by atoms with Gasteiger partial charge in [-0.15, -0.1) is 0 Å². The number of nitrogen functional groups attached to an aromatic ring is 2. The van der Waals surface area contributed by atoms with E-state index in [0.717, 1.165) is 31.5 Å². The lowest BCUT2D eigenvalue weighted by molar-refractivity contribution is 0.281. The third kappa shape index (κ3) is 3.86. The number of nitriles is 1. The van der Waals surface area contributed by atoms with Crippen molar-refractivity contribution in [3.63, 3.8) is 0 Å². The number of nitrogens with zero attached hydrogens (tertiary/aromatic N) is 7. The average molecular weight is 461 g/mol. The minimum absolute atomic E-state index is 0.0191. The van der Waals surface area contributed by atoms with Crippen molar-refractivity contribution in [1.82, 2.24) is 24.5 Å². The Hall–Kier alpha value is -3.91. The van der Waals surface area contributed by atoms with Crippen LogP contribution in [-0.4, -0.2) is 57.8 Å². The number of likely N-dealkylation sites (N-methyl/N-ethyl adjacent to an activating group) is 1. The van der Waals surface area contributed by atoms with Crippen LogP contribution in [0.4, 0.5) is 17.6 Å². The number of hydrogen-bond donors (Lipinski definition) is 3. The predicted molar refractivity (Wildman–Crippen MR) is 131 cm³/mol. The van der Waals surface area contributed by atoms with E-state index in [0.29, 0.717) is 29.8 Å². The maximum atomic E-state index is 13.9. The summed E-state index contributed by atoms with van der Waals surface area (Å²) in [6, 6.07) is 7.43. The molecule has 0 amide bonds. The molecule has 0 bridgehead atoms. The van der Waals surface area contributed by atoms with Crippen LogP contribution in [0, 0.1) is 24.2 Å². The number of hydrogen-bond acceptors (Lipinski definition) is 10. The van der Waals surface area contributed by atoms with Crippen LogP contribution < -0.4 is 27.4 Å². The van der Waals surface area contributed by atoms with Gasteiger partial charge in [0.2, 0.25) is 5.95 Å². The van der Waals surface area contributed by atoms with Crippen LogP contribution in [0.5, 0.6) is 0 Å². The quantitative estimate of drug-likeness (QED) is 0.501. The van der Waals surface area contributed by atoms with Crippen molar-refractivity contribution in [2.45, 2.75) is 25.8 Å². The smallest absolute Gasteiger partial charge is 0.280 e. The monoisotopic (exact) mass is 460 g/mol. The first-order valence-corrected chi connectivity index (χ1v) is 11.4. The highest BCUT2D eigenvalue weighted by molar-refractivity contribution is 5.81. The van der Waals surface area contributed by atoms with Crippen LogP contribution in [0.3, 0.4) is 0 Å². The number of fused-ring (bicyclic) bond motifs is 1. The maximum Gasteiger partial charge on any atom is 0.280 e. The third-order valence-electron chi connectivity index (χ3n) is 6.60. The van der Waals surface area contributed by atoms with Crippen LogP contribution in [0.15, 0.2) is 23.0 Å². The molecule has 2 aliphatic rings. The molecular weight excluding hydrogens is 432 g/mol. The summed E-state index contributed by atoms with van der Waals surface area (Å²) in [4.78, 5) is 29.3.